The number of rotatable bonds is 5. The first-order valence-corrected chi connectivity index (χ1v) is 8.82. The first kappa shape index (κ1) is 17.5. The maximum absolute atomic E-state index is 11.6. The lowest BCUT2D eigenvalue weighted by atomic mass is 9.86. The number of hydrogen-bond donors (Lipinski definition) is 2. The summed E-state index contributed by atoms with van der Waals surface area (Å²) in [6.45, 7) is 0. The van der Waals surface area contributed by atoms with Crippen LogP contribution >= 0.6 is 0 Å². The molecule has 2 fully saturated rings. The van der Waals surface area contributed by atoms with Crippen LogP contribution in [-0.2, 0) is 25.5 Å². The Balaban J connectivity index is 1.49. The quantitative estimate of drug-likeness (QED) is 0.631. The van der Waals surface area contributed by atoms with Crippen molar-refractivity contribution in [3.05, 3.63) is 29.8 Å². The first-order chi connectivity index (χ1) is 12.0. The number of anilines is 1. The van der Waals surface area contributed by atoms with E-state index in [0.717, 1.165) is 36.9 Å². The standard InChI is InChI=1S/C19H24N2O4/c1-25-19(24)13-4-8-16(9-5-13)20-15-6-2-12(3-7-15)10-14-11-17(22)21-18(14)23/h2-3,6-7,13-14,16,20H,4-5,8-11H2,1H3,(H,21,22,23)/t13?,14-,16?/m1/s1. The Morgan fingerprint density at radius 3 is 2.40 bits per heavy atom. The lowest BCUT2D eigenvalue weighted by Crippen LogP contribution is -2.29. The average molecular weight is 344 g/mol. The van der Waals surface area contributed by atoms with Crippen molar-refractivity contribution in [2.24, 2.45) is 11.8 Å². The molecule has 1 aromatic carbocycles. The summed E-state index contributed by atoms with van der Waals surface area (Å²) < 4.78 is 4.82. The number of amides is 2. The van der Waals surface area contributed by atoms with Crippen LogP contribution in [0.3, 0.4) is 0 Å². The van der Waals surface area contributed by atoms with Crippen molar-refractivity contribution in [2.45, 2.75) is 44.6 Å². The molecule has 0 spiro atoms. The molecule has 6 heteroatoms. The van der Waals surface area contributed by atoms with Crippen molar-refractivity contribution in [1.82, 2.24) is 5.32 Å². The van der Waals surface area contributed by atoms with E-state index in [9.17, 15) is 14.4 Å². The Hall–Kier alpha value is -2.37. The normalized spacial score (nSPS) is 26.2. The van der Waals surface area contributed by atoms with Gasteiger partial charge in [-0.25, -0.2) is 0 Å². The van der Waals surface area contributed by atoms with Crippen molar-refractivity contribution < 1.29 is 19.1 Å². The summed E-state index contributed by atoms with van der Waals surface area (Å²) in [6, 6.07) is 8.38. The van der Waals surface area contributed by atoms with Gasteiger partial charge < -0.3 is 10.1 Å². The Labute approximate surface area is 147 Å². The van der Waals surface area contributed by atoms with E-state index in [2.05, 4.69) is 10.6 Å². The molecule has 25 heavy (non-hydrogen) atoms. The predicted molar refractivity (Wildman–Crippen MR) is 92.8 cm³/mol. The van der Waals surface area contributed by atoms with E-state index >= 15 is 0 Å². The van der Waals surface area contributed by atoms with Crippen molar-refractivity contribution in [3.8, 4) is 0 Å². The minimum Gasteiger partial charge on any atom is -0.469 e. The van der Waals surface area contributed by atoms with Gasteiger partial charge in [-0.1, -0.05) is 12.1 Å². The number of ether oxygens (including phenoxy) is 1. The molecule has 1 aliphatic carbocycles. The second kappa shape index (κ2) is 7.68. The number of benzene rings is 1. The molecule has 0 unspecified atom stereocenters. The van der Waals surface area contributed by atoms with Crippen LogP contribution in [0.15, 0.2) is 24.3 Å². The summed E-state index contributed by atoms with van der Waals surface area (Å²) in [5.74, 6) is -0.673. The van der Waals surface area contributed by atoms with Crippen molar-refractivity contribution in [1.29, 1.82) is 0 Å². The van der Waals surface area contributed by atoms with Crippen LogP contribution in [0.4, 0.5) is 5.69 Å². The van der Waals surface area contributed by atoms with Gasteiger partial charge in [0.15, 0.2) is 0 Å². The van der Waals surface area contributed by atoms with Crippen LogP contribution in [0, 0.1) is 11.8 Å². The molecular formula is C19H24N2O4. The highest BCUT2D eigenvalue weighted by molar-refractivity contribution is 6.03. The molecule has 1 aliphatic heterocycles. The van der Waals surface area contributed by atoms with E-state index in [1.807, 2.05) is 24.3 Å². The maximum Gasteiger partial charge on any atom is 0.308 e. The molecule has 2 amide bonds. The number of imide groups is 1. The molecule has 2 aliphatic rings. The lowest BCUT2D eigenvalue weighted by molar-refractivity contribution is -0.146. The lowest BCUT2D eigenvalue weighted by Gasteiger charge is -2.28. The zero-order valence-corrected chi connectivity index (χ0v) is 14.4. The van der Waals surface area contributed by atoms with Crippen LogP contribution in [0.1, 0.15) is 37.7 Å². The fourth-order valence-electron chi connectivity index (χ4n) is 3.67. The third-order valence-corrected chi connectivity index (χ3v) is 5.13. The zero-order valence-electron chi connectivity index (χ0n) is 14.4. The summed E-state index contributed by atoms with van der Waals surface area (Å²) >= 11 is 0. The second-order valence-corrected chi connectivity index (χ2v) is 6.93. The highest BCUT2D eigenvalue weighted by Crippen LogP contribution is 2.28. The highest BCUT2D eigenvalue weighted by atomic mass is 16.5. The fraction of sp³-hybridized carbons (Fsp3) is 0.526. The molecule has 6 nitrogen and oxygen atoms in total. The van der Waals surface area contributed by atoms with Crippen molar-refractivity contribution in [2.75, 3.05) is 12.4 Å². The van der Waals surface area contributed by atoms with Crippen LogP contribution in [0.25, 0.3) is 0 Å². The summed E-state index contributed by atoms with van der Waals surface area (Å²) in [6.07, 6.45) is 4.47. The third-order valence-electron chi connectivity index (χ3n) is 5.13. The molecule has 0 aromatic heterocycles. The number of esters is 1. The van der Waals surface area contributed by atoms with Gasteiger partial charge in [-0.3, -0.25) is 19.7 Å². The minimum atomic E-state index is -0.250. The minimum absolute atomic E-state index is 0.0331. The number of carbonyl (C=O) groups is 3. The smallest absolute Gasteiger partial charge is 0.308 e. The summed E-state index contributed by atoms with van der Waals surface area (Å²) in [4.78, 5) is 34.4. The van der Waals surface area contributed by atoms with Gasteiger partial charge in [0.25, 0.3) is 0 Å². The molecule has 2 N–H and O–H groups in total. The van der Waals surface area contributed by atoms with Gasteiger partial charge in [0.05, 0.1) is 18.9 Å². The summed E-state index contributed by atoms with van der Waals surface area (Å²) in [5.41, 5.74) is 2.09. The van der Waals surface area contributed by atoms with Gasteiger partial charge in [0.2, 0.25) is 11.8 Å². The van der Waals surface area contributed by atoms with Crippen LogP contribution < -0.4 is 10.6 Å². The summed E-state index contributed by atoms with van der Waals surface area (Å²) in [7, 11) is 1.44. The second-order valence-electron chi connectivity index (χ2n) is 6.93. The van der Waals surface area contributed by atoms with Crippen LogP contribution in [0.5, 0.6) is 0 Å². The predicted octanol–water partition coefficient (Wildman–Crippen LogP) is 2.04. The molecule has 1 saturated carbocycles. The molecule has 1 atom stereocenters. The van der Waals surface area contributed by atoms with E-state index < -0.39 is 0 Å². The van der Waals surface area contributed by atoms with Gasteiger partial charge in [0, 0.05) is 18.2 Å². The van der Waals surface area contributed by atoms with Gasteiger partial charge in [-0.15, -0.1) is 0 Å². The van der Waals surface area contributed by atoms with E-state index in [-0.39, 0.29) is 36.0 Å². The molecule has 134 valence electrons. The van der Waals surface area contributed by atoms with Gasteiger partial charge in [-0.2, -0.15) is 0 Å². The molecule has 0 radical (unpaired) electrons. The average Bonchev–Trinajstić information content (AvgIpc) is 2.94. The van der Waals surface area contributed by atoms with E-state index in [4.69, 9.17) is 4.74 Å². The number of hydrogen-bond acceptors (Lipinski definition) is 5. The van der Waals surface area contributed by atoms with Crippen molar-refractivity contribution in [3.63, 3.8) is 0 Å². The topological polar surface area (TPSA) is 84.5 Å². The Morgan fingerprint density at radius 1 is 1.16 bits per heavy atom. The Bertz CT molecular complexity index is 648. The number of carbonyl (C=O) groups excluding carboxylic acids is 3. The number of methoxy groups -OCH3 is 1. The summed E-state index contributed by atoms with van der Waals surface area (Å²) in [5, 5.41) is 5.85. The van der Waals surface area contributed by atoms with Crippen LogP contribution in [-0.4, -0.2) is 30.9 Å². The van der Waals surface area contributed by atoms with Gasteiger partial charge in [0.1, 0.15) is 0 Å². The highest BCUT2D eigenvalue weighted by Gasteiger charge is 2.30. The molecule has 0 bridgehead atoms. The van der Waals surface area contributed by atoms with E-state index in [1.165, 1.54) is 7.11 Å². The zero-order chi connectivity index (χ0) is 17.8. The Kier molecular flexibility index (Phi) is 5.36. The Morgan fingerprint density at radius 2 is 1.84 bits per heavy atom. The maximum atomic E-state index is 11.6. The third kappa shape index (κ3) is 4.38. The largest absolute Gasteiger partial charge is 0.469 e. The van der Waals surface area contributed by atoms with Crippen LogP contribution in [0.2, 0.25) is 0 Å². The molecule has 1 saturated heterocycles. The number of nitrogens with one attached hydrogen (secondary N) is 2. The van der Waals surface area contributed by atoms with Crippen molar-refractivity contribution >= 4 is 23.5 Å². The molecular weight excluding hydrogens is 320 g/mol. The molecule has 3 rings (SSSR count). The monoisotopic (exact) mass is 344 g/mol. The van der Waals surface area contributed by atoms with Gasteiger partial charge in [-0.05, 0) is 49.8 Å². The van der Waals surface area contributed by atoms with Gasteiger partial charge >= 0.3 is 5.97 Å². The van der Waals surface area contributed by atoms with E-state index in [1.54, 1.807) is 0 Å². The molecule has 1 aromatic rings. The van der Waals surface area contributed by atoms with E-state index in [0.29, 0.717) is 12.5 Å². The fourth-order valence-corrected chi connectivity index (χ4v) is 3.67. The molecule has 1 heterocycles. The SMILES string of the molecule is COC(=O)C1CCC(Nc2ccc(C[C@@H]3CC(=O)NC3=O)cc2)CC1. The first-order valence-electron chi connectivity index (χ1n) is 8.82.